The van der Waals surface area contributed by atoms with Crippen molar-refractivity contribution in [3.8, 4) is 16.3 Å². The Morgan fingerprint density at radius 3 is 1.82 bits per heavy atom. The van der Waals surface area contributed by atoms with Crippen molar-refractivity contribution in [1.82, 2.24) is 4.98 Å². The zero-order valence-electron chi connectivity index (χ0n) is 20.0. The fraction of sp³-hybridized carbons (Fsp3) is 0.194. The summed E-state index contributed by atoms with van der Waals surface area (Å²) in [6.45, 7) is 8.85. The molecule has 0 amide bonds. The minimum absolute atomic E-state index is 0.248. The first kappa shape index (κ1) is 22.4. The van der Waals surface area contributed by atoms with Crippen molar-refractivity contribution >= 4 is 21.6 Å². The molecule has 0 radical (unpaired) electrons. The van der Waals surface area contributed by atoms with Crippen molar-refractivity contribution in [3.63, 3.8) is 0 Å². The summed E-state index contributed by atoms with van der Waals surface area (Å²) in [6.07, 6.45) is 0. The lowest BCUT2D eigenvalue weighted by molar-refractivity contribution is 0.453. The molecule has 34 heavy (non-hydrogen) atoms. The number of nitrogens with zero attached hydrogens (tertiary/aromatic N) is 1. The molecule has 1 heterocycles. The van der Waals surface area contributed by atoms with Crippen molar-refractivity contribution in [2.75, 3.05) is 0 Å². The maximum Gasteiger partial charge on any atom is 0.129 e. The fourth-order valence-electron chi connectivity index (χ4n) is 4.65. The standard InChI is InChI=1S/C31H29NOS/c1-30(2,21-13-7-5-8-14-21)23-19-24(29-32-26-17-11-12-18-27(26)34-29)28(33)25(20-23)31(3,4)22-15-9-6-10-16-22/h5-20,33H,1-4H3. The highest BCUT2D eigenvalue weighted by Crippen LogP contribution is 2.47. The van der Waals surface area contributed by atoms with E-state index >= 15 is 0 Å². The third-order valence-corrected chi connectivity index (χ3v) is 8.09. The van der Waals surface area contributed by atoms with Crippen molar-refractivity contribution in [2.24, 2.45) is 0 Å². The molecule has 0 aliphatic carbocycles. The van der Waals surface area contributed by atoms with Gasteiger partial charge in [-0.15, -0.1) is 11.3 Å². The van der Waals surface area contributed by atoms with Crippen LogP contribution in [0.5, 0.6) is 5.75 Å². The summed E-state index contributed by atoms with van der Waals surface area (Å²) >= 11 is 1.62. The summed E-state index contributed by atoms with van der Waals surface area (Å²) in [7, 11) is 0. The number of thiazole rings is 1. The smallest absolute Gasteiger partial charge is 0.129 e. The van der Waals surface area contributed by atoms with Crippen LogP contribution in [0.1, 0.15) is 49.9 Å². The number of phenols is 1. The Kier molecular flexibility index (Phi) is 5.53. The molecule has 0 saturated heterocycles. The predicted octanol–water partition coefficient (Wildman–Crippen LogP) is 8.32. The van der Waals surface area contributed by atoms with Gasteiger partial charge < -0.3 is 5.11 Å². The van der Waals surface area contributed by atoms with E-state index in [-0.39, 0.29) is 10.8 Å². The molecule has 0 unspecified atom stereocenters. The third-order valence-electron chi connectivity index (χ3n) is 7.02. The predicted molar refractivity (Wildman–Crippen MR) is 144 cm³/mol. The Morgan fingerprint density at radius 1 is 0.647 bits per heavy atom. The number of hydrogen-bond acceptors (Lipinski definition) is 3. The van der Waals surface area contributed by atoms with E-state index in [0.717, 1.165) is 37.5 Å². The zero-order chi connectivity index (χ0) is 23.9. The molecule has 5 aromatic rings. The molecule has 2 nitrogen and oxygen atoms in total. The van der Waals surface area contributed by atoms with Gasteiger partial charge in [0, 0.05) is 16.4 Å². The highest BCUT2D eigenvalue weighted by molar-refractivity contribution is 7.21. The van der Waals surface area contributed by atoms with Gasteiger partial charge in [0.25, 0.3) is 0 Å². The Morgan fingerprint density at radius 2 is 1.21 bits per heavy atom. The number of aromatic hydroxyl groups is 1. The molecule has 5 rings (SSSR count). The van der Waals surface area contributed by atoms with Crippen LogP contribution in [-0.2, 0) is 10.8 Å². The quantitative estimate of drug-likeness (QED) is 0.284. The number of phenolic OH excluding ortho intramolecular Hbond substituents is 1. The second kappa shape index (κ2) is 8.41. The number of benzene rings is 4. The number of rotatable bonds is 5. The molecule has 170 valence electrons. The van der Waals surface area contributed by atoms with Crippen molar-refractivity contribution in [2.45, 2.75) is 38.5 Å². The van der Waals surface area contributed by atoms with Gasteiger partial charge in [0.15, 0.2) is 0 Å². The van der Waals surface area contributed by atoms with E-state index in [1.807, 2.05) is 30.3 Å². The molecule has 0 saturated carbocycles. The Balaban J connectivity index is 1.78. The summed E-state index contributed by atoms with van der Waals surface area (Å²) in [6, 6.07) is 33.4. The summed E-state index contributed by atoms with van der Waals surface area (Å²) in [5, 5.41) is 12.5. The van der Waals surface area contributed by atoms with Crippen LogP contribution < -0.4 is 0 Å². The van der Waals surface area contributed by atoms with Crippen LogP contribution in [0.4, 0.5) is 0 Å². The third kappa shape index (κ3) is 3.80. The number of fused-ring (bicyclic) bond motifs is 1. The minimum Gasteiger partial charge on any atom is -0.507 e. The first-order valence-corrected chi connectivity index (χ1v) is 12.4. The molecule has 1 aromatic heterocycles. The Labute approximate surface area is 205 Å². The average Bonchev–Trinajstić information content (AvgIpc) is 3.29. The summed E-state index contributed by atoms with van der Waals surface area (Å²) in [5.74, 6) is 0.306. The number of para-hydroxylation sites is 1. The fourth-order valence-corrected chi connectivity index (χ4v) is 5.64. The average molecular weight is 464 g/mol. The molecule has 0 fully saturated rings. The monoisotopic (exact) mass is 463 g/mol. The molecule has 4 aromatic carbocycles. The Hall–Kier alpha value is -3.43. The summed E-state index contributed by atoms with van der Waals surface area (Å²) in [4.78, 5) is 4.89. The first-order chi connectivity index (χ1) is 16.3. The summed E-state index contributed by atoms with van der Waals surface area (Å²) < 4.78 is 1.12. The Bertz CT molecular complexity index is 1420. The molecule has 0 spiro atoms. The van der Waals surface area contributed by atoms with Gasteiger partial charge in [-0.05, 0) is 34.9 Å². The topological polar surface area (TPSA) is 33.1 Å². The maximum absolute atomic E-state index is 11.7. The van der Waals surface area contributed by atoms with Gasteiger partial charge in [0.2, 0.25) is 0 Å². The lowest BCUT2D eigenvalue weighted by Crippen LogP contribution is -2.23. The van der Waals surface area contributed by atoms with Crippen LogP contribution in [-0.4, -0.2) is 10.1 Å². The van der Waals surface area contributed by atoms with Crippen LogP contribution in [0.15, 0.2) is 97.1 Å². The number of aromatic nitrogens is 1. The molecular weight excluding hydrogens is 434 g/mol. The molecule has 0 bridgehead atoms. The summed E-state index contributed by atoms with van der Waals surface area (Å²) in [5.41, 5.74) is 5.58. The van der Waals surface area contributed by atoms with Gasteiger partial charge in [0.05, 0.1) is 15.8 Å². The lowest BCUT2D eigenvalue weighted by atomic mass is 9.72. The number of hydrogen-bond donors (Lipinski definition) is 1. The SMILES string of the molecule is CC(C)(c1ccccc1)c1cc(-c2nc3ccccc3s2)c(O)c(C(C)(C)c2ccccc2)c1. The molecule has 0 aliphatic heterocycles. The molecular formula is C31H29NOS. The van der Waals surface area contributed by atoms with E-state index in [0.29, 0.717) is 5.75 Å². The maximum atomic E-state index is 11.7. The van der Waals surface area contributed by atoms with E-state index < -0.39 is 0 Å². The van der Waals surface area contributed by atoms with Crippen molar-refractivity contribution in [1.29, 1.82) is 0 Å². The van der Waals surface area contributed by atoms with E-state index in [4.69, 9.17) is 4.98 Å². The van der Waals surface area contributed by atoms with Gasteiger partial charge in [0.1, 0.15) is 10.8 Å². The first-order valence-electron chi connectivity index (χ1n) is 11.6. The second-order valence-electron chi connectivity index (χ2n) is 9.89. The molecule has 0 aliphatic rings. The van der Waals surface area contributed by atoms with Gasteiger partial charge in [-0.3, -0.25) is 0 Å². The van der Waals surface area contributed by atoms with Crippen LogP contribution in [0.25, 0.3) is 20.8 Å². The minimum atomic E-state index is -0.389. The lowest BCUT2D eigenvalue weighted by Gasteiger charge is -2.32. The zero-order valence-corrected chi connectivity index (χ0v) is 20.9. The van der Waals surface area contributed by atoms with Crippen molar-refractivity contribution in [3.05, 3.63) is 119 Å². The van der Waals surface area contributed by atoms with E-state index in [2.05, 4.69) is 94.4 Å². The highest BCUT2D eigenvalue weighted by Gasteiger charge is 2.32. The van der Waals surface area contributed by atoms with Gasteiger partial charge in [-0.25, -0.2) is 4.98 Å². The molecule has 1 N–H and O–H groups in total. The van der Waals surface area contributed by atoms with Gasteiger partial charge >= 0.3 is 0 Å². The molecule has 3 heteroatoms. The van der Waals surface area contributed by atoms with E-state index in [1.165, 1.54) is 5.56 Å². The molecule has 0 atom stereocenters. The van der Waals surface area contributed by atoms with Crippen LogP contribution >= 0.6 is 11.3 Å². The van der Waals surface area contributed by atoms with E-state index in [1.54, 1.807) is 11.3 Å². The van der Waals surface area contributed by atoms with Crippen molar-refractivity contribution < 1.29 is 5.11 Å². The highest BCUT2D eigenvalue weighted by atomic mass is 32.1. The largest absolute Gasteiger partial charge is 0.507 e. The van der Waals surface area contributed by atoms with Gasteiger partial charge in [-0.2, -0.15) is 0 Å². The second-order valence-corrected chi connectivity index (χ2v) is 10.9. The van der Waals surface area contributed by atoms with Crippen LogP contribution in [0.3, 0.4) is 0 Å². The van der Waals surface area contributed by atoms with E-state index in [9.17, 15) is 5.11 Å². The van der Waals surface area contributed by atoms with Crippen LogP contribution in [0, 0.1) is 0 Å². The van der Waals surface area contributed by atoms with Gasteiger partial charge in [-0.1, -0.05) is 107 Å². The normalized spacial score (nSPS) is 12.2. The van der Waals surface area contributed by atoms with Crippen LogP contribution in [0.2, 0.25) is 0 Å².